The third kappa shape index (κ3) is 3.20. The highest BCUT2D eigenvalue weighted by atomic mass is 16.5. The number of carbonyl (C=O) groups is 2. The molecule has 0 spiro atoms. The van der Waals surface area contributed by atoms with Crippen LogP contribution in [0.2, 0.25) is 0 Å². The van der Waals surface area contributed by atoms with Crippen LogP contribution in [-0.4, -0.2) is 31.1 Å². The predicted octanol–water partition coefficient (Wildman–Crippen LogP) is 1.10. The number of amides is 1. The van der Waals surface area contributed by atoms with Crippen molar-refractivity contribution < 1.29 is 19.1 Å². The van der Waals surface area contributed by atoms with E-state index in [4.69, 9.17) is 15.2 Å². The maximum atomic E-state index is 12.1. The van der Waals surface area contributed by atoms with Gasteiger partial charge in [-0.15, -0.1) is 0 Å². The number of hydrogen-bond acceptors (Lipinski definition) is 5. The molecule has 0 saturated heterocycles. The van der Waals surface area contributed by atoms with E-state index in [0.717, 1.165) is 12.8 Å². The largest absolute Gasteiger partial charge is 0.494 e. The highest BCUT2D eigenvalue weighted by Crippen LogP contribution is 2.26. The fourth-order valence-electron chi connectivity index (χ4n) is 1.77. The van der Waals surface area contributed by atoms with E-state index in [1.807, 2.05) is 0 Å². The van der Waals surface area contributed by atoms with Gasteiger partial charge in [0.15, 0.2) is 11.9 Å². The smallest absolute Gasteiger partial charge is 0.342 e. The van der Waals surface area contributed by atoms with E-state index in [2.05, 4.69) is 5.32 Å². The summed E-state index contributed by atoms with van der Waals surface area (Å²) in [6.07, 6.45) is 1.11. The van der Waals surface area contributed by atoms with Crippen LogP contribution in [0.25, 0.3) is 0 Å². The first kappa shape index (κ1) is 14.2. The summed E-state index contributed by atoms with van der Waals surface area (Å²) < 4.78 is 10.2. The lowest BCUT2D eigenvalue weighted by atomic mass is 10.1. The number of carbonyl (C=O) groups excluding carboxylic acids is 2. The maximum absolute atomic E-state index is 12.1. The zero-order chi connectivity index (χ0) is 14.7. The number of nitrogen functional groups attached to an aromatic ring is 1. The molecule has 108 valence electrons. The minimum Gasteiger partial charge on any atom is -0.494 e. The summed E-state index contributed by atoms with van der Waals surface area (Å²) in [4.78, 5) is 23.8. The molecule has 1 aliphatic rings. The number of anilines is 1. The van der Waals surface area contributed by atoms with Crippen LogP contribution in [0.4, 0.5) is 5.69 Å². The topological polar surface area (TPSA) is 90.7 Å². The second-order valence-corrected chi connectivity index (χ2v) is 4.76. The number of rotatable bonds is 5. The van der Waals surface area contributed by atoms with Crippen LogP contribution in [0.1, 0.15) is 30.1 Å². The molecule has 1 amide bonds. The quantitative estimate of drug-likeness (QED) is 0.621. The van der Waals surface area contributed by atoms with E-state index >= 15 is 0 Å². The van der Waals surface area contributed by atoms with Crippen LogP contribution in [0.5, 0.6) is 5.75 Å². The lowest BCUT2D eigenvalue weighted by molar-refractivity contribution is -0.129. The third-order valence-corrected chi connectivity index (χ3v) is 3.05. The van der Waals surface area contributed by atoms with Gasteiger partial charge in [0.25, 0.3) is 5.91 Å². The Morgan fingerprint density at radius 2 is 2.10 bits per heavy atom. The standard InChI is InChI=1S/C14H18N2O4/c1-8(13(17)16-9-6-7-9)20-14(18)10-4-3-5-11(15)12(10)19-2/h3-5,8-9H,6-7,15H2,1-2H3,(H,16,17). The number of ether oxygens (including phenoxy) is 2. The molecule has 6 heteroatoms. The van der Waals surface area contributed by atoms with Crippen molar-refractivity contribution in [1.29, 1.82) is 0 Å². The van der Waals surface area contributed by atoms with E-state index in [-0.39, 0.29) is 23.3 Å². The monoisotopic (exact) mass is 278 g/mol. The van der Waals surface area contributed by atoms with E-state index in [1.165, 1.54) is 14.0 Å². The Morgan fingerprint density at radius 1 is 1.40 bits per heavy atom. The van der Waals surface area contributed by atoms with Gasteiger partial charge in [-0.05, 0) is 31.9 Å². The first-order valence-corrected chi connectivity index (χ1v) is 6.46. The number of nitrogens with two attached hydrogens (primary N) is 1. The molecule has 0 radical (unpaired) electrons. The second-order valence-electron chi connectivity index (χ2n) is 4.76. The van der Waals surface area contributed by atoms with E-state index in [0.29, 0.717) is 5.69 Å². The van der Waals surface area contributed by atoms with E-state index in [9.17, 15) is 9.59 Å². The predicted molar refractivity (Wildman–Crippen MR) is 73.4 cm³/mol. The zero-order valence-corrected chi connectivity index (χ0v) is 11.5. The molecule has 0 aromatic heterocycles. The van der Waals surface area contributed by atoms with Gasteiger partial charge in [0.05, 0.1) is 12.8 Å². The molecule has 1 aromatic rings. The number of benzene rings is 1. The molecule has 1 fully saturated rings. The fourth-order valence-corrected chi connectivity index (χ4v) is 1.77. The molecule has 20 heavy (non-hydrogen) atoms. The van der Waals surface area contributed by atoms with Gasteiger partial charge in [-0.25, -0.2) is 4.79 Å². The fraction of sp³-hybridized carbons (Fsp3) is 0.429. The molecule has 1 aliphatic carbocycles. The Balaban J connectivity index is 2.03. The summed E-state index contributed by atoms with van der Waals surface area (Å²) in [5, 5.41) is 2.78. The first-order chi connectivity index (χ1) is 9.52. The number of hydrogen-bond donors (Lipinski definition) is 2. The van der Waals surface area contributed by atoms with Gasteiger partial charge >= 0.3 is 5.97 Å². The molecule has 1 unspecified atom stereocenters. The SMILES string of the molecule is COc1c(N)cccc1C(=O)OC(C)C(=O)NC1CC1. The van der Waals surface area contributed by atoms with Crippen LogP contribution >= 0.6 is 0 Å². The molecule has 0 bridgehead atoms. The van der Waals surface area contributed by atoms with E-state index in [1.54, 1.807) is 18.2 Å². The summed E-state index contributed by atoms with van der Waals surface area (Å²) >= 11 is 0. The lowest BCUT2D eigenvalue weighted by Crippen LogP contribution is -2.37. The Hall–Kier alpha value is -2.24. The average molecular weight is 278 g/mol. The highest BCUT2D eigenvalue weighted by Gasteiger charge is 2.28. The molecular weight excluding hydrogens is 260 g/mol. The minimum absolute atomic E-state index is 0.207. The lowest BCUT2D eigenvalue weighted by Gasteiger charge is -2.15. The molecule has 0 heterocycles. The van der Waals surface area contributed by atoms with Crippen LogP contribution in [-0.2, 0) is 9.53 Å². The minimum atomic E-state index is -0.853. The van der Waals surface area contributed by atoms with Crippen LogP contribution < -0.4 is 15.8 Å². The molecule has 1 aromatic carbocycles. The summed E-state index contributed by atoms with van der Waals surface area (Å²) in [6.45, 7) is 1.54. The number of para-hydroxylation sites is 1. The van der Waals surface area contributed by atoms with Crippen molar-refractivity contribution in [2.45, 2.75) is 31.9 Å². The Kier molecular flexibility index (Phi) is 4.12. The molecule has 1 saturated carbocycles. The van der Waals surface area contributed by atoms with Gasteiger partial charge in [0.1, 0.15) is 5.56 Å². The van der Waals surface area contributed by atoms with Crippen molar-refractivity contribution in [2.75, 3.05) is 12.8 Å². The van der Waals surface area contributed by atoms with Crippen LogP contribution in [0.3, 0.4) is 0 Å². The van der Waals surface area contributed by atoms with Crippen molar-refractivity contribution in [3.8, 4) is 5.75 Å². The van der Waals surface area contributed by atoms with Crippen LogP contribution in [0.15, 0.2) is 18.2 Å². The number of nitrogens with one attached hydrogen (secondary N) is 1. The highest BCUT2D eigenvalue weighted by molar-refractivity contribution is 5.96. The molecule has 6 nitrogen and oxygen atoms in total. The first-order valence-electron chi connectivity index (χ1n) is 6.46. The average Bonchev–Trinajstić information content (AvgIpc) is 3.22. The van der Waals surface area contributed by atoms with Gasteiger partial charge in [0.2, 0.25) is 0 Å². The third-order valence-electron chi connectivity index (χ3n) is 3.05. The number of esters is 1. The van der Waals surface area contributed by atoms with Crippen molar-refractivity contribution in [1.82, 2.24) is 5.32 Å². The summed E-state index contributed by atoms with van der Waals surface area (Å²) in [7, 11) is 1.42. The van der Waals surface area contributed by atoms with Crippen molar-refractivity contribution in [3.63, 3.8) is 0 Å². The molecule has 0 aliphatic heterocycles. The van der Waals surface area contributed by atoms with Gasteiger partial charge in [-0.1, -0.05) is 6.07 Å². The molecule has 1 atom stereocenters. The second kappa shape index (κ2) is 5.81. The Morgan fingerprint density at radius 3 is 2.70 bits per heavy atom. The zero-order valence-electron chi connectivity index (χ0n) is 11.5. The van der Waals surface area contributed by atoms with Crippen LogP contribution in [0, 0.1) is 0 Å². The summed E-state index contributed by atoms with van der Waals surface area (Å²) in [5.74, 6) is -0.663. The molecular formula is C14H18N2O4. The van der Waals surface area contributed by atoms with Gasteiger partial charge in [0, 0.05) is 6.04 Å². The van der Waals surface area contributed by atoms with Gasteiger partial charge in [-0.3, -0.25) is 4.79 Å². The Bertz CT molecular complexity index is 526. The van der Waals surface area contributed by atoms with Gasteiger partial charge in [-0.2, -0.15) is 0 Å². The summed E-state index contributed by atoms with van der Waals surface area (Å²) in [5.41, 5.74) is 6.27. The summed E-state index contributed by atoms with van der Waals surface area (Å²) in [6, 6.07) is 5.02. The van der Waals surface area contributed by atoms with Crippen molar-refractivity contribution in [3.05, 3.63) is 23.8 Å². The maximum Gasteiger partial charge on any atom is 0.342 e. The molecule has 3 N–H and O–H groups in total. The van der Waals surface area contributed by atoms with E-state index < -0.39 is 12.1 Å². The molecule has 2 rings (SSSR count). The van der Waals surface area contributed by atoms with Crippen molar-refractivity contribution >= 4 is 17.6 Å². The van der Waals surface area contributed by atoms with Gasteiger partial charge < -0.3 is 20.5 Å². The Labute approximate surface area is 117 Å². The van der Waals surface area contributed by atoms with Crippen molar-refractivity contribution in [2.24, 2.45) is 0 Å². The number of methoxy groups -OCH3 is 1. The normalized spacial score (nSPS) is 15.3.